The van der Waals surface area contributed by atoms with E-state index in [9.17, 15) is 10.2 Å². The predicted octanol–water partition coefficient (Wildman–Crippen LogP) is 1.87. The van der Waals surface area contributed by atoms with E-state index in [4.69, 9.17) is 0 Å². The van der Waals surface area contributed by atoms with Crippen molar-refractivity contribution in [3.8, 4) is 11.5 Å². The second-order valence-electron chi connectivity index (χ2n) is 4.89. The van der Waals surface area contributed by atoms with Gasteiger partial charge in [0.1, 0.15) is 17.3 Å². The van der Waals surface area contributed by atoms with Crippen LogP contribution in [-0.4, -0.2) is 31.2 Å². The number of imidazole rings is 1. The molecule has 2 heterocycles. The summed E-state index contributed by atoms with van der Waals surface area (Å²) < 4.78 is 2.13. The largest absolute Gasteiger partial charge is 0.507 e. The maximum atomic E-state index is 9.94. The van der Waals surface area contributed by atoms with Gasteiger partial charge in [-0.15, -0.1) is 0 Å². The van der Waals surface area contributed by atoms with Gasteiger partial charge in [-0.25, -0.2) is 4.98 Å². The fraction of sp³-hybridized carbons (Fsp3) is 0.357. The summed E-state index contributed by atoms with van der Waals surface area (Å²) in [5.41, 5.74) is 0.586. The lowest BCUT2D eigenvalue weighted by molar-refractivity contribution is 0.159. The first kappa shape index (κ1) is 12.0. The molecule has 1 aliphatic heterocycles. The number of benzene rings is 1. The number of rotatable bonds is 2. The second-order valence-corrected chi connectivity index (χ2v) is 4.89. The van der Waals surface area contributed by atoms with Crippen LogP contribution in [0.3, 0.4) is 0 Å². The fourth-order valence-electron chi connectivity index (χ4n) is 2.67. The third-order valence-corrected chi connectivity index (χ3v) is 3.80. The first-order chi connectivity index (χ1) is 9.16. The Hall–Kier alpha value is -2.01. The van der Waals surface area contributed by atoms with Gasteiger partial charge in [0.15, 0.2) is 0 Å². The lowest BCUT2D eigenvalue weighted by Gasteiger charge is -2.33. The molecule has 19 heavy (non-hydrogen) atoms. The number of hydrogen-bond donors (Lipinski definition) is 2. The van der Waals surface area contributed by atoms with Gasteiger partial charge in [0, 0.05) is 31.5 Å². The first-order valence-corrected chi connectivity index (χ1v) is 6.41. The van der Waals surface area contributed by atoms with Crippen LogP contribution in [0.4, 0.5) is 0 Å². The molecular formula is C14H17N3O2. The van der Waals surface area contributed by atoms with Gasteiger partial charge in [-0.1, -0.05) is 6.07 Å². The highest BCUT2D eigenvalue weighted by Crippen LogP contribution is 2.36. The van der Waals surface area contributed by atoms with Crippen molar-refractivity contribution < 1.29 is 10.2 Å². The van der Waals surface area contributed by atoms with Crippen LogP contribution in [0, 0.1) is 0 Å². The van der Waals surface area contributed by atoms with Crippen LogP contribution in [0.2, 0.25) is 0 Å². The Morgan fingerprint density at radius 2 is 1.95 bits per heavy atom. The molecule has 0 saturated carbocycles. The third-order valence-electron chi connectivity index (χ3n) is 3.80. The van der Waals surface area contributed by atoms with Gasteiger partial charge in [-0.3, -0.25) is 4.90 Å². The zero-order chi connectivity index (χ0) is 13.4. The summed E-state index contributed by atoms with van der Waals surface area (Å²) in [6.07, 6.45) is 3.79. The second kappa shape index (κ2) is 4.59. The minimum absolute atomic E-state index is 0.0494. The Bertz CT molecular complexity index is 574. The van der Waals surface area contributed by atoms with Crippen molar-refractivity contribution >= 4 is 0 Å². The SMILES string of the molecule is CC(c1c(O)cccc1O)N1CCn2ccnc2C1. The van der Waals surface area contributed by atoms with Crippen molar-refractivity contribution in [3.63, 3.8) is 0 Å². The van der Waals surface area contributed by atoms with Crippen LogP contribution in [0.15, 0.2) is 30.6 Å². The minimum atomic E-state index is -0.0494. The number of nitrogens with zero attached hydrogens (tertiary/aromatic N) is 3. The quantitative estimate of drug-likeness (QED) is 0.864. The Balaban J connectivity index is 1.87. The molecule has 0 radical (unpaired) electrons. The standard InChI is InChI=1S/C14H17N3O2/c1-10(14-11(18)3-2-4-12(14)19)17-8-7-16-6-5-15-13(16)9-17/h2-6,10,18-19H,7-9H2,1H3. The van der Waals surface area contributed by atoms with Crippen LogP contribution in [0.1, 0.15) is 24.4 Å². The summed E-state index contributed by atoms with van der Waals surface area (Å²) in [7, 11) is 0. The van der Waals surface area contributed by atoms with E-state index in [0.29, 0.717) is 5.56 Å². The highest BCUT2D eigenvalue weighted by Gasteiger charge is 2.25. The van der Waals surface area contributed by atoms with Crippen molar-refractivity contribution in [2.24, 2.45) is 0 Å². The van der Waals surface area contributed by atoms with Gasteiger partial charge in [0.25, 0.3) is 0 Å². The number of aromatic nitrogens is 2. The van der Waals surface area contributed by atoms with Gasteiger partial charge in [0.2, 0.25) is 0 Å². The molecule has 0 fully saturated rings. The van der Waals surface area contributed by atoms with Crippen molar-refractivity contribution in [1.82, 2.24) is 14.5 Å². The van der Waals surface area contributed by atoms with E-state index in [1.54, 1.807) is 24.4 Å². The van der Waals surface area contributed by atoms with E-state index >= 15 is 0 Å². The number of aromatic hydroxyl groups is 2. The van der Waals surface area contributed by atoms with Crippen LogP contribution >= 0.6 is 0 Å². The highest BCUT2D eigenvalue weighted by molar-refractivity contribution is 5.45. The average Bonchev–Trinajstić information content (AvgIpc) is 2.85. The van der Waals surface area contributed by atoms with Gasteiger partial charge in [-0.2, -0.15) is 0 Å². The molecule has 3 rings (SSSR count). The molecule has 1 aromatic heterocycles. The van der Waals surface area contributed by atoms with Crippen molar-refractivity contribution in [3.05, 3.63) is 42.0 Å². The van der Waals surface area contributed by atoms with Crippen LogP contribution < -0.4 is 0 Å². The molecule has 1 aromatic carbocycles. The summed E-state index contributed by atoms with van der Waals surface area (Å²) in [4.78, 5) is 6.53. The maximum Gasteiger partial charge on any atom is 0.124 e. The van der Waals surface area contributed by atoms with Crippen LogP contribution in [0.25, 0.3) is 0 Å². The van der Waals surface area contributed by atoms with E-state index in [2.05, 4.69) is 14.5 Å². The monoisotopic (exact) mass is 259 g/mol. The Kier molecular flexibility index (Phi) is 2.91. The number of fused-ring (bicyclic) bond motifs is 1. The van der Waals surface area contributed by atoms with E-state index < -0.39 is 0 Å². The molecule has 0 amide bonds. The summed E-state index contributed by atoms with van der Waals surface area (Å²) in [6.45, 7) is 4.47. The lowest BCUT2D eigenvalue weighted by atomic mass is 10.0. The number of hydrogen-bond acceptors (Lipinski definition) is 4. The zero-order valence-corrected chi connectivity index (χ0v) is 10.8. The van der Waals surface area contributed by atoms with Crippen molar-refractivity contribution in [2.45, 2.75) is 26.1 Å². The molecule has 2 N–H and O–H groups in total. The molecule has 0 saturated heterocycles. The topological polar surface area (TPSA) is 61.5 Å². The fourth-order valence-corrected chi connectivity index (χ4v) is 2.67. The molecule has 5 heteroatoms. The molecule has 0 spiro atoms. The maximum absolute atomic E-state index is 9.94. The molecule has 2 aromatic rings. The number of phenols is 2. The van der Waals surface area contributed by atoms with Gasteiger partial charge in [0.05, 0.1) is 12.1 Å². The first-order valence-electron chi connectivity index (χ1n) is 6.41. The van der Waals surface area contributed by atoms with E-state index in [1.165, 1.54) is 0 Å². The molecule has 100 valence electrons. The molecule has 5 nitrogen and oxygen atoms in total. The normalized spacial score (nSPS) is 17.1. The predicted molar refractivity (Wildman–Crippen MR) is 70.8 cm³/mol. The van der Waals surface area contributed by atoms with Crippen LogP contribution in [-0.2, 0) is 13.1 Å². The molecule has 1 atom stereocenters. The van der Waals surface area contributed by atoms with E-state index in [1.807, 2.05) is 13.1 Å². The van der Waals surface area contributed by atoms with Crippen molar-refractivity contribution in [1.29, 1.82) is 0 Å². The van der Waals surface area contributed by atoms with Gasteiger partial charge >= 0.3 is 0 Å². The Morgan fingerprint density at radius 1 is 1.21 bits per heavy atom. The molecule has 1 unspecified atom stereocenters. The van der Waals surface area contributed by atoms with Crippen molar-refractivity contribution in [2.75, 3.05) is 6.54 Å². The summed E-state index contributed by atoms with van der Waals surface area (Å²) in [6, 6.07) is 4.81. The van der Waals surface area contributed by atoms with Gasteiger partial charge < -0.3 is 14.8 Å². The molecule has 1 aliphatic rings. The number of phenolic OH excluding ortho intramolecular Hbond substituents is 2. The molecule has 0 bridgehead atoms. The van der Waals surface area contributed by atoms with Crippen LogP contribution in [0.5, 0.6) is 11.5 Å². The third kappa shape index (κ3) is 2.06. The van der Waals surface area contributed by atoms with E-state index in [0.717, 1.165) is 25.5 Å². The summed E-state index contributed by atoms with van der Waals surface area (Å²) in [5.74, 6) is 1.30. The summed E-state index contributed by atoms with van der Waals surface area (Å²) >= 11 is 0. The highest BCUT2D eigenvalue weighted by atomic mass is 16.3. The zero-order valence-electron chi connectivity index (χ0n) is 10.8. The Labute approximate surface area is 111 Å². The average molecular weight is 259 g/mol. The smallest absolute Gasteiger partial charge is 0.124 e. The Morgan fingerprint density at radius 3 is 2.68 bits per heavy atom. The summed E-state index contributed by atoms with van der Waals surface area (Å²) in [5, 5.41) is 19.9. The molecule has 0 aliphatic carbocycles. The van der Waals surface area contributed by atoms with Gasteiger partial charge in [-0.05, 0) is 19.1 Å². The molecular weight excluding hydrogens is 242 g/mol. The minimum Gasteiger partial charge on any atom is -0.507 e. The lowest BCUT2D eigenvalue weighted by Crippen LogP contribution is -2.35. The van der Waals surface area contributed by atoms with E-state index in [-0.39, 0.29) is 17.5 Å².